The highest BCUT2D eigenvalue weighted by Gasteiger charge is 2.22. The second-order valence-corrected chi connectivity index (χ2v) is 5.78. The maximum absolute atomic E-state index is 6.00. The summed E-state index contributed by atoms with van der Waals surface area (Å²) in [4.78, 5) is 4.91. The molecule has 1 aliphatic heterocycles. The topological polar surface area (TPSA) is 32.5 Å². The van der Waals surface area contributed by atoms with Gasteiger partial charge in [0, 0.05) is 18.1 Å². The molecule has 0 saturated carbocycles. The lowest BCUT2D eigenvalue weighted by atomic mass is 10.00. The maximum Gasteiger partial charge on any atom is 0.0220 e. The van der Waals surface area contributed by atoms with Gasteiger partial charge in [0.05, 0.1) is 0 Å². The van der Waals surface area contributed by atoms with Crippen molar-refractivity contribution in [1.29, 1.82) is 0 Å². The van der Waals surface area contributed by atoms with Crippen LogP contribution in [0.4, 0.5) is 0 Å². The monoisotopic (exact) mass is 213 g/mol. The Balaban J connectivity index is 2.29. The van der Waals surface area contributed by atoms with Gasteiger partial charge in [0.25, 0.3) is 0 Å². The van der Waals surface area contributed by atoms with Crippen LogP contribution >= 0.6 is 0 Å². The second-order valence-electron chi connectivity index (χ2n) is 5.78. The van der Waals surface area contributed by atoms with Gasteiger partial charge in [0.1, 0.15) is 0 Å². The van der Waals surface area contributed by atoms with Gasteiger partial charge in [-0.05, 0) is 60.3 Å². The number of likely N-dealkylation sites (N-methyl/N-ethyl adjacent to an activating group) is 2. The predicted octanol–water partition coefficient (Wildman–Crippen LogP) is 1.14. The summed E-state index contributed by atoms with van der Waals surface area (Å²) in [5.74, 6) is 0. The minimum absolute atomic E-state index is 0.0329. The predicted molar refractivity (Wildman–Crippen MR) is 66.0 cm³/mol. The van der Waals surface area contributed by atoms with E-state index in [4.69, 9.17) is 5.73 Å². The molecule has 0 aliphatic carbocycles. The Hall–Kier alpha value is -0.120. The molecule has 3 heteroatoms. The number of nitrogens with zero attached hydrogens (tertiary/aromatic N) is 2. The van der Waals surface area contributed by atoms with Crippen molar-refractivity contribution >= 4 is 0 Å². The highest BCUT2D eigenvalue weighted by Crippen LogP contribution is 2.15. The fraction of sp³-hybridized carbons (Fsp3) is 1.00. The van der Waals surface area contributed by atoms with Crippen LogP contribution in [0.15, 0.2) is 0 Å². The summed E-state index contributed by atoms with van der Waals surface area (Å²) in [6.07, 6.45) is 3.74. The van der Waals surface area contributed by atoms with E-state index >= 15 is 0 Å². The van der Waals surface area contributed by atoms with E-state index in [0.29, 0.717) is 0 Å². The van der Waals surface area contributed by atoms with Crippen molar-refractivity contribution in [3.05, 3.63) is 0 Å². The Bertz CT molecular complexity index is 186. The molecule has 1 atom stereocenters. The molecule has 1 saturated heterocycles. The molecule has 3 nitrogen and oxygen atoms in total. The summed E-state index contributed by atoms with van der Waals surface area (Å²) in [6, 6.07) is 0.728. The van der Waals surface area contributed by atoms with Crippen LogP contribution in [0.2, 0.25) is 0 Å². The third kappa shape index (κ3) is 4.96. The molecule has 0 bridgehead atoms. The van der Waals surface area contributed by atoms with Crippen LogP contribution in [0.5, 0.6) is 0 Å². The van der Waals surface area contributed by atoms with Gasteiger partial charge in [-0.2, -0.15) is 0 Å². The first-order chi connectivity index (χ1) is 6.88. The van der Waals surface area contributed by atoms with Crippen LogP contribution in [0, 0.1) is 0 Å². The van der Waals surface area contributed by atoms with E-state index in [2.05, 4.69) is 37.7 Å². The fourth-order valence-corrected chi connectivity index (χ4v) is 2.15. The summed E-state index contributed by atoms with van der Waals surface area (Å²) in [7, 11) is 4.45. The Kier molecular flexibility index (Phi) is 4.56. The molecule has 15 heavy (non-hydrogen) atoms. The fourth-order valence-electron chi connectivity index (χ4n) is 2.15. The standard InChI is InChI=1S/C12H27N3/c1-12(2,13)7-9-15(4)11-6-5-8-14(3)10-11/h11H,5-10,13H2,1-4H3. The molecular formula is C12H27N3. The van der Waals surface area contributed by atoms with Gasteiger partial charge in [-0.1, -0.05) is 0 Å². The Morgan fingerprint density at radius 1 is 1.47 bits per heavy atom. The molecule has 0 radical (unpaired) electrons. The summed E-state index contributed by atoms with van der Waals surface area (Å²) >= 11 is 0. The summed E-state index contributed by atoms with van der Waals surface area (Å²) in [5.41, 5.74) is 5.97. The van der Waals surface area contributed by atoms with Gasteiger partial charge in [-0.15, -0.1) is 0 Å². The number of hydrogen-bond acceptors (Lipinski definition) is 3. The number of piperidine rings is 1. The van der Waals surface area contributed by atoms with Gasteiger partial charge in [0.2, 0.25) is 0 Å². The molecule has 1 fully saturated rings. The average Bonchev–Trinajstić information content (AvgIpc) is 2.13. The third-order valence-electron chi connectivity index (χ3n) is 3.33. The van der Waals surface area contributed by atoms with Gasteiger partial charge in [-0.3, -0.25) is 0 Å². The summed E-state index contributed by atoms with van der Waals surface area (Å²) in [6.45, 7) is 7.79. The number of hydrogen-bond donors (Lipinski definition) is 1. The van der Waals surface area contributed by atoms with Crippen LogP contribution in [0.25, 0.3) is 0 Å². The lowest BCUT2D eigenvalue weighted by Gasteiger charge is -2.36. The van der Waals surface area contributed by atoms with E-state index in [0.717, 1.165) is 19.0 Å². The van der Waals surface area contributed by atoms with Crippen molar-refractivity contribution < 1.29 is 0 Å². The first kappa shape index (κ1) is 12.9. The SMILES string of the molecule is CN1CCCC(N(C)CCC(C)(C)N)C1. The van der Waals surface area contributed by atoms with Gasteiger partial charge in [0.15, 0.2) is 0 Å². The molecule has 90 valence electrons. The zero-order chi connectivity index (χ0) is 11.5. The van der Waals surface area contributed by atoms with E-state index in [1.165, 1.54) is 25.9 Å². The van der Waals surface area contributed by atoms with E-state index in [1.54, 1.807) is 0 Å². The summed E-state index contributed by atoms with van der Waals surface area (Å²) in [5, 5.41) is 0. The molecule has 1 heterocycles. The average molecular weight is 213 g/mol. The summed E-state index contributed by atoms with van der Waals surface area (Å²) < 4.78 is 0. The molecular weight excluding hydrogens is 186 g/mol. The molecule has 1 aliphatic rings. The van der Waals surface area contributed by atoms with Crippen molar-refractivity contribution in [2.45, 2.75) is 44.7 Å². The first-order valence-corrected chi connectivity index (χ1v) is 6.06. The molecule has 0 amide bonds. The third-order valence-corrected chi connectivity index (χ3v) is 3.33. The zero-order valence-electron chi connectivity index (χ0n) is 10.8. The minimum atomic E-state index is -0.0329. The van der Waals surface area contributed by atoms with Gasteiger partial charge in [-0.25, -0.2) is 0 Å². The number of rotatable bonds is 4. The quantitative estimate of drug-likeness (QED) is 0.760. The highest BCUT2D eigenvalue weighted by atomic mass is 15.2. The van der Waals surface area contributed by atoms with Crippen molar-refractivity contribution in [3.8, 4) is 0 Å². The number of likely N-dealkylation sites (tertiary alicyclic amines) is 1. The van der Waals surface area contributed by atoms with Crippen molar-refractivity contribution in [2.24, 2.45) is 5.73 Å². The van der Waals surface area contributed by atoms with Crippen LogP contribution in [-0.4, -0.2) is 55.1 Å². The number of nitrogens with two attached hydrogens (primary N) is 1. The highest BCUT2D eigenvalue weighted by molar-refractivity contribution is 4.80. The molecule has 1 rings (SSSR count). The van der Waals surface area contributed by atoms with E-state index < -0.39 is 0 Å². The molecule has 0 aromatic heterocycles. The normalized spacial score (nSPS) is 24.8. The lowest BCUT2D eigenvalue weighted by Crippen LogP contribution is -2.47. The first-order valence-electron chi connectivity index (χ1n) is 6.06. The van der Waals surface area contributed by atoms with Crippen molar-refractivity contribution in [3.63, 3.8) is 0 Å². The molecule has 0 aromatic rings. The molecule has 1 unspecified atom stereocenters. The lowest BCUT2D eigenvalue weighted by molar-refractivity contribution is 0.128. The van der Waals surface area contributed by atoms with E-state index in [-0.39, 0.29) is 5.54 Å². The van der Waals surface area contributed by atoms with Gasteiger partial charge < -0.3 is 15.5 Å². The molecule has 2 N–H and O–H groups in total. The Labute approximate surface area is 94.6 Å². The van der Waals surface area contributed by atoms with Crippen LogP contribution in [-0.2, 0) is 0 Å². The minimum Gasteiger partial charge on any atom is -0.326 e. The smallest absolute Gasteiger partial charge is 0.0220 e. The van der Waals surface area contributed by atoms with Crippen LogP contribution in [0.3, 0.4) is 0 Å². The van der Waals surface area contributed by atoms with Crippen LogP contribution in [0.1, 0.15) is 33.1 Å². The van der Waals surface area contributed by atoms with E-state index in [9.17, 15) is 0 Å². The zero-order valence-corrected chi connectivity index (χ0v) is 10.8. The molecule has 0 aromatic carbocycles. The van der Waals surface area contributed by atoms with Crippen molar-refractivity contribution in [2.75, 3.05) is 33.7 Å². The van der Waals surface area contributed by atoms with Gasteiger partial charge >= 0.3 is 0 Å². The van der Waals surface area contributed by atoms with E-state index in [1.807, 2.05) is 0 Å². The second kappa shape index (κ2) is 5.28. The Morgan fingerprint density at radius 2 is 2.13 bits per heavy atom. The Morgan fingerprint density at radius 3 is 2.67 bits per heavy atom. The van der Waals surface area contributed by atoms with Crippen molar-refractivity contribution in [1.82, 2.24) is 9.80 Å². The maximum atomic E-state index is 6.00. The molecule has 0 spiro atoms. The largest absolute Gasteiger partial charge is 0.326 e. The van der Waals surface area contributed by atoms with Crippen LogP contribution < -0.4 is 5.73 Å².